The Morgan fingerprint density at radius 1 is 0.833 bits per heavy atom. The molecule has 2 aliphatic carbocycles. The highest BCUT2D eigenvalue weighted by Gasteiger charge is 2.77. The first-order valence-electron chi connectivity index (χ1n) is 17.5. The Balaban J connectivity index is 1.20. The second-order valence-electron chi connectivity index (χ2n) is 16.0. The maximum atomic E-state index is 5.07. The molecule has 4 bridgehead atoms. The summed E-state index contributed by atoms with van der Waals surface area (Å²) in [4.78, 5) is 8.91. The standard InChI is InChI=1S/C38H46N4/c1-4-23-19-40-15-13-36-28-10-8-11-29-34(28)42(35(36)22(3)25(23)17-32(36)40)21-30-26-18-33-37(14-16-41(33)20-24(26)5-2)27-9-6-7-12-31(27)39-38(29,30)37/h6-12,23-26,30,32-33,35,39H,3-5,13-21H2,1-2H3/t23-,24-,25-,26+,30+,32+,33+,35?,36-,37-,38+/m1/s1. The molecular weight excluding hydrogens is 512 g/mol. The minimum atomic E-state index is -0.0144. The third-order valence-electron chi connectivity index (χ3n) is 15.6. The van der Waals surface area contributed by atoms with E-state index in [4.69, 9.17) is 6.58 Å². The van der Waals surface area contributed by atoms with Crippen molar-refractivity contribution in [2.75, 3.05) is 42.9 Å². The van der Waals surface area contributed by atoms with Crippen molar-refractivity contribution in [3.05, 3.63) is 71.3 Å². The minimum absolute atomic E-state index is 0.0144. The molecule has 2 aromatic carbocycles. The fraction of sp³-hybridized carbons (Fsp3) is 0.632. The van der Waals surface area contributed by atoms with Gasteiger partial charge in [-0.1, -0.05) is 75.2 Å². The summed E-state index contributed by atoms with van der Waals surface area (Å²) in [5, 5.41) is 4.49. The molecule has 4 saturated heterocycles. The third kappa shape index (κ3) is 2.24. The van der Waals surface area contributed by atoms with Gasteiger partial charge in [0.05, 0.1) is 11.6 Å². The molecule has 2 aromatic rings. The number of piperidine rings is 2. The van der Waals surface area contributed by atoms with Gasteiger partial charge in [0.1, 0.15) is 0 Å². The number of nitrogens with zero attached hydrogens (tertiary/aromatic N) is 3. The normalized spacial score (nSPS) is 48.3. The number of hydrogen-bond donors (Lipinski definition) is 1. The van der Waals surface area contributed by atoms with Gasteiger partial charge in [-0.25, -0.2) is 0 Å². The van der Waals surface area contributed by atoms with E-state index in [1.807, 2.05) is 0 Å². The molecule has 6 fully saturated rings. The monoisotopic (exact) mass is 558 g/mol. The van der Waals surface area contributed by atoms with Crippen LogP contribution in [0.2, 0.25) is 0 Å². The van der Waals surface area contributed by atoms with Gasteiger partial charge in [-0.2, -0.15) is 0 Å². The van der Waals surface area contributed by atoms with E-state index in [0.717, 1.165) is 17.8 Å². The summed E-state index contributed by atoms with van der Waals surface area (Å²) in [6.07, 6.45) is 7.93. The van der Waals surface area contributed by atoms with Crippen molar-refractivity contribution in [1.29, 1.82) is 0 Å². The molecule has 11 atom stereocenters. The Morgan fingerprint density at radius 3 is 2.48 bits per heavy atom. The van der Waals surface area contributed by atoms with Crippen LogP contribution in [0.25, 0.3) is 0 Å². The smallest absolute Gasteiger partial charge is 0.0805 e. The highest BCUT2D eigenvalue weighted by Crippen LogP contribution is 2.74. The Bertz CT molecular complexity index is 1560. The van der Waals surface area contributed by atoms with Crippen molar-refractivity contribution in [3.63, 3.8) is 0 Å². The van der Waals surface area contributed by atoms with Gasteiger partial charge in [-0.15, -0.1) is 0 Å². The fourth-order valence-corrected chi connectivity index (χ4v) is 14.3. The van der Waals surface area contributed by atoms with Gasteiger partial charge in [0.25, 0.3) is 0 Å². The molecular formula is C38H46N4. The quantitative estimate of drug-likeness (QED) is 0.448. The molecule has 218 valence electrons. The number of nitrogens with one attached hydrogen (secondary N) is 1. The summed E-state index contributed by atoms with van der Waals surface area (Å²) in [5.41, 5.74) is 10.1. The summed E-state index contributed by atoms with van der Waals surface area (Å²) in [5.74, 6) is 3.67. The lowest BCUT2D eigenvalue weighted by molar-refractivity contribution is -0.0601. The van der Waals surface area contributed by atoms with E-state index in [0.29, 0.717) is 30.0 Å². The number of rotatable bonds is 2. The molecule has 1 unspecified atom stereocenters. The molecule has 0 amide bonds. The van der Waals surface area contributed by atoms with E-state index in [2.05, 4.69) is 76.3 Å². The van der Waals surface area contributed by atoms with Crippen LogP contribution in [-0.2, 0) is 16.4 Å². The first-order valence-corrected chi connectivity index (χ1v) is 17.5. The van der Waals surface area contributed by atoms with Gasteiger partial charge in [0.15, 0.2) is 0 Å². The largest absolute Gasteiger partial charge is 0.374 e. The van der Waals surface area contributed by atoms with Crippen molar-refractivity contribution in [2.24, 2.45) is 29.6 Å². The van der Waals surface area contributed by atoms with Crippen molar-refractivity contribution in [3.8, 4) is 0 Å². The average molecular weight is 559 g/mol. The molecule has 11 rings (SSSR count). The van der Waals surface area contributed by atoms with Crippen LogP contribution < -0.4 is 10.2 Å². The second kappa shape index (κ2) is 7.49. The highest BCUT2D eigenvalue weighted by atomic mass is 15.3. The van der Waals surface area contributed by atoms with Gasteiger partial charge >= 0.3 is 0 Å². The van der Waals surface area contributed by atoms with E-state index in [1.165, 1.54) is 76.9 Å². The predicted octanol–water partition coefficient (Wildman–Crippen LogP) is 6.13. The fourth-order valence-electron chi connectivity index (χ4n) is 14.3. The molecule has 7 aliphatic heterocycles. The number of anilines is 2. The van der Waals surface area contributed by atoms with E-state index in [9.17, 15) is 0 Å². The van der Waals surface area contributed by atoms with E-state index in [-0.39, 0.29) is 16.4 Å². The Labute approximate surface area is 251 Å². The second-order valence-corrected chi connectivity index (χ2v) is 16.0. The highest BCUT2D eigenvalue weighted by molar-refractivity contribution is 5.81. The number of hydrogen-bond acceptors (Lipinski definition) is 4. The van der Waals surface area contributed by atoms with Gasteiger partial charge in [0, 0.05) is 65.4 Å². The lowest BCUT2D eigenvalue weighted by Gasteiger charge is -2.66. The van der Waals surface area contributed by atoms with Gasteiger partial charge in [-0.3, -0.25) is 9.80 Å². The molecule has 1 N–H and O–H groups in total. The van der Waals surface area contributed by atoms with Crippen LogP contribution in [0.4, 0.5) is 11.4 Å². The van der Waals surface area contributed by atoms with Crippen LogP contribution in [-0.4, -0.2) is 60.6 Å². The zero-order valence-corrected chi connectivity index (χ0v) is 25.5. The van der Waals surface area contributed by atoms with Crippen molar-refractivity contribution in [2.45, 2.75) is 86.9 Å². The molecule has 4 heteroatoms. The summed E-state index contributed by atoms with van der Waals surface area (Å²) < 4.78 is 0. The van der Waals surface area contributed by atoms with E-state index in [1.54, 1.807) is 28.0 Å². The minimum Gasteiger partial charge on any atom is -0.374 e. The zero-order chi connectivity index (χ0) is 27.7. The summed E-state index contributed by atoms with van der Waals surface area (Å²) in [7, 11) is 0. The first-order chi connectivity index (χ1) is 20.6. The SMILES string of the molecule is C=C1C2N3C[C@H]4[C@H]5C[C@@H]6N(CC[C@@]67c6ccccc6N[C@@]47c4cccc(c43)[C@@]23CCN2C[C@@H](CC)[C@@H]1C[C@H]23)C[C@H]5CC. The van der Waals surface area contributed by atoms with E-state index < -0.39 is 0 Å². The maximum Gasteiger partial charge on any atom is 0.0805 e. The van der Waals surface area contributed by atoms with Crippen LogP contribution in [0.3, 0.4) is 0 Å². The average Bonchev–Trinajstić information content (AvgIpc) is 3.76. The van der Waals surface area contributed by atoms with Crippen molar-refractivity contribution >= 4 is 11.4 Å². The van der Waals surface area contributed by atoms with Crippen LogP contribution in [0.1, 0.15) is 69.1 Å². The van der Waals surface area contributed by atoms with Crippen LogP contribution in [0, 0.1) is 29.6 Å². The van der Waals surface area contributed by atoms with Crippen LogP contribution >= 0.6 is 0 Å². The van der Waals surface area contributed by atoms with Gasteiger partial charge < -0.3 is 10.2 Å². The molecule has 42 heavy (non-hydrogen) atoms. The molecule has 4 nitrogen and oxygen atoms in total. The number of benzene rings is 2. The first kappa shape index (κ1) is 24.1. The molecule has 7 heterocycles. The van der Waals surface area contributed by atoms with Crippen molar-refractivity contribution in [1.82, 2.24) is 9.80 Å². The Hall–Kier alpha value is -2.30. The number of fused-ring (bicyclic) bond motifs is 5. The van der Waals surface area contributed by atoms with Gasteiger partial charge in [0.2, 0.25) is 0 Å². The van der Waals surface area contributed by atoms with Crippen LogP contribution in [0.15, 0.2) is 54.6 Å². The Kier molecular flexibility index (Phi) is 4.29. The summed E-state index contributed by atoms with van der Waals surface area (Å²) in [6.45, 7) is 16.3. The van der Waals surface area contributed by atoms with E-state index >= 15 is 0 Å². The van der Waals surface area contributed by atoms with Crippen molar-refractivity contribution < 1.29 is 0 Å². The molecule has 2 saturated carbocycles. The van der Waals surface area contributed by atoms with Crippen LogP contribution in [0.5, 0.6) is 0 Å². The zero-order valence-electron chi connectivity index (χ0n) is 25.5. The summed E-state index contributed by atoms with van der Waals surface area (Å²) >= 11 is 0. The lowest BCUT2D eigenvalue weighted by atomic mass is 9.45. The molecule has 0 radical (unpaired) electrons. The molecule has 3 spiro atoms. The Morgan fingerprint density at radius 2 is 1.60 bits per heavy atom. The molecule has 0 aromatic heterocycles. The lowest BCUT2D eigenvalue weighted by Crippen LogP contribution is -2.72. The van der Waals surface area contributed by atoms with Gasteiger partial charge in [-0.05, 0) is 79.6 Å². The number of para-hydroxylation sites is 2. The maximum absolute atomic E-state index is 5.07. The molecule has 9 aliphatic rings. The summed E-state index contributed by atoms with van der Waals surface area (Å²) in [6, 6.07) is 19.0. The predicted molar refractivity (Wildman–Crippen MR) is 169 cm³/mol. The third-order valence-corrected chi connectivity index (χ3v) is 15.6. The topological polar surface area (TPSA) is 21.8 Å².